The maximum absolute atomic E-state index is 12.3. The summed E-state index contributed by atoms with van der Waals surface area (Å²) >= 11 is 0. The predicted octanol–water partition coefficient (Wildman–Crippen LogP) is 3.10. The molecule has 1 aliphatic carbocycles. The molecular weight excluding hydrogens is 387 g/mol. The summed E-state index contributed by atoms with van der Waals surface area (Å²) in [5.41, 5.74) is 7.77. The Morgan fingerprint density at radius 3 is 2.52 bits per heavy atom. The van der Waals surface area contributed by atoms with Gasteiger partial charge in [0.1, 0.15) is 5.75 Å². The lowest BCUT2D eigenvalue weighted by atomic mass is 9.92. The minimum atomic E-state index is -4.72. The van der Waals surface area contributed by atoms with Crippen LogP contribution in [0.4, 0.5) is 30.6 Å². The van der Waals surface area contributed by atoms with Gasteiger partial charge in [-0.15, -0.1) is 13.2 Å². The van der Waals surface area contributed by atoms with Crippen LogP contribution in [0.1, 0.15) is 25.7 Å². The molecule has 0 aliphatic heterocycles. The summed E-state index contributed by atoms with van der Waals surface area (Å²) < 4.78 is 40.8. The van der Waals surface area contributed by atoms with Crippen molar-refractivity contribution >= 4 is 28.6 Å². The maximum Gasteiger partial charge on any atom is 0.573 e. The Morgan fingerprint density at radius 1 is 1.10 bits per heavy atom. The number of hydrogen-bond acceptors (Lipinski definition) is 6. The molecule has 1 fully saturated rings. The predicted molar refractivity (Wildman–Crippen MR) is 101 cm³/mol. The molecule has 29 heavy (non-hydrogen) atoms. The third-order valence-corrected chi connectivity index (χ3v) is 4.79. The van der Waals surface area contributed by atoms with Crippen LogP contribution in [-0.4, -0.2) is 33.4 Å². The first-order valence-corrected chi connectivity index (χ1v) is 9.27. The average Bonchev–Trinajstić information content (AvgIpc) is 3.13. The third-order valence-electron chi connectivity index (χ3n) is 4.79. The topological polar surface area (TPSA) is 115 Å². The van der Waals surface area contributed by atoms with Gasteiger partial charge >= 0.3 is 18.0 Å². The number of halogens is 3. The molecule has 0 atom stereocenters. The fraction of sp³-hybridized carbons (Fsp3) is 0.389. The summed E-state index contributed by atoms with van der Waals surface area (Å²) in [6, 6.07) is 5.93. The van der Waals surface area contributed by atoms with Crippen molar-refractivity contribution in [2.75, 3.05) is 10.6 Å². The Hall–Kier alpha value is -3.08. The molecule has 3 aromatic rings. The Bertz CT molecular complexity index is 966. The van der Waals surface area contributed by atoms with Crippen molar-refractivity contribution in [3.05, 3.63) is 30.6 Å². The normalized spacial score (nSPS) is 19.9. The van der Waals surface area contributed by atoms with Crippen LogP contribution in [0.25, 0.3) is 11.2 Å². The van der Waals surface area contributed by atoms with E-state index in [1.54, 1.807) is 6.33 Å². The van der Waals surface area contributed by atoms with Crippen molar-refractivity contribution in [3.8, 4) is 5.75 Å². The largest absolute Gasteiger partial charge is 0.573 e. The highest BCUT2D eigenvalue weighted by Gasteiger charge is 2.31. The van der Waals surface area contributed by atoms with E-state index in [-0.39, 0.29) is 17.8 Å². The van der Waals surface area contributed by atoms with E-state index in [0.29, 0.717) is 28.6 Å². The molecule has 0 spiro atoms. The second-order valence-electron chi connectivity index (χ2n) is 7.01. The van der Waals surface area contributed by atoms with Crippen LogP contribution < -0.4 is 26.1 Å². The number of imidazole rings is 1. The summed E-state index contributed by atoms with van der Waals surface area (Å²) in [6.45, 7) is 0. The number of anilines is 3. The number of nitrogens with zero attached hydrogens (tertiary/aromatic N) is 2. The van der Waals surface area contributed by atoms with E-state index in [4.69, 9.17) is 5.73 Å². The number of H-pyrrole nitrogens is 2. The van der Waals surface area contributed by atoms with Crippen LogP contribution in [0.3, 0.4) is 0 Å². The number of nitrogens with one attached hydrogen (secondary N) is 4. The van der Waals surface area contributed by atoms with Crippen LogP contribution in [-0.2, 0) is 0 Å². The summed E-state index contributed by atoms with van der Waals surface area (Å²) in [4.78, 5) is 15.1. The van der Waals surface area contributed by atoms with E-state index < -0.39 is 6.36 Å². The number of rotatable bonds is 5. The zero-order valence-electron chi connectivity index (χ0n) is 15.4. The number of fused-ring (bicyclic) bond motifs is 1. The SMILES string of the molecule is NC1CCC(Nc2nc(Nc3ccc(OC(F)(F)F)cc3)c3[nH]c[nH+]c3n2)CC1. The van der Waals surface area contributed by atoms with E-state index in [2.05, 4.69) is 35.3 Å². The molecule has 2 aromatic heterocycles. The molecule has 0 amide bonds. The number of alkyl halides is 3. The van der Waals surface area contributed by atoms with Gasteiger partial charge in [0.05, 0.1) is 0 Å². The van der Waals surface area contributed by atoms with Gasteiger partial charge in [-0.3, -0.25) is 4.98 Å². The first-order valence-electron chi connectivity index (χ1n) is 9.27. The third kappa shape index (κ3) is 4.86. The minimum absolute atomic E-state index is 0.246. The van der Waals surface area contributed by atoms with Gasteiger partial charge < -0.3 is 21.1 Å². The van der Waals surface area contributed by atoms with Gasteiger partial charge in [0.15, 0.2) is 12.1 Å². The molecule has 2 heterocycles. The molecular formula is C18H21F3N7O+. The monoisotopic (exact) mass is 408 g/mol. The van der Waals surface area contributed by atoms with Crippen LogP contribution in [0, 0.1) is 0 Å². The van der Waals surface area contributed by atoms with Gasteiger partial charge in [0, 0.05) is 17.8 Å². The van der Waals surface area contributed by atoms with Gasteiger partial charge in [-0.05, 0) is 49.9 Å². The zero-order valence-corrected chi connectivity index (χ0v) is 15.4. The van der Waals surface area contributed by atoms with Gasteiger partial charge in [-0.25, -0.2) is 4.98 Å². The number of aromatic amines is 2. The molecule has 154 valence electrons. The quantitative estimate of drug-likeness (QED) is 0.516. The van der Waals surface area contributed by atoms with Crippen molar-refractivity contribution in [2.24, 2.45) is 5.73 Å². The zero-order chi connectivity index (χ0) is 20.4. The highest BCUT2D eigenvalue weighted by molar-refractivity contribution is 5.84. The summed E-state index contributed by atoms with van der Waals surface area (Å²) in [6.07, 6.45) is 0.707. The molecule has 1 saturated carbocycles. The lowest BCUT2D eigenvalue weighted by Gasteiger charge is -2.26. The van der Waals surface area contributed by atoms with Crippen molar-refractivity contribution in [1.82, 2.24) is 15.0 Å². The molecule has 8 nitrogen and oxygen atoms in total. The second kappa shape index (κ2) is 7.74. The molecule has 0 unspecified atom stereocenters. The Balaban J connectivity index is 1.53. The molecule has 1 aliphatic rings. The maximum atomic E-state index is 12.3. The van der Waals surface area contributed by atoms with Crippen molar-refractivity contribution < 1.29 is 22.9 Å². The van der Waals surface area contributed by atoms with E-state index >= 15 is 0 Å². The van der Waals surface area contributed by atoms with E-state index in [9.17, 15) is 13.2 Å². The molecule has 1 aromatic carbocycles. The van der Waals surface area contributed by atoms with Crippen LogP contribution in [0.2, 0.25) is 0 Å². The average molecular weight is 408 g/mol. The van der Waals surface area contributed by atoms with E-state index in [1.165, 1.54) is 24.3 Å². The number of hydrogen-bond donors (Lipinski definition) is 4. The smallest absolute Gasteiger partial charge is 0.406 e. The van der Waals surface area contributed by atoms with E-state index in [0.717, 1.165) is 25.7 Å². The van der Waals surface area contributed by atoms with Crippen LogP contribution >= 0.6 is 0 Å². The first kappa shape index (κ1) is 19.2. The first-order chi connectivity index (χ1) is 13.9. The molecule has 0 saturated heterocycles. The lowest BCUT2D eigenvalue weighted by Crippen LogP contribution is -2.33. The Kier molecular flexibility index (Phi) is 5.14. The van der Waals surface area contributed by atoms with E-state index in [1.807, 2.05) is 0 Å². The van der Waals surface area contributed by atoms with Gasteiger partial charge in [-0.2, -0.15) is 4.98 Å². The minimum Gasteiger partial charge on any atom is -0.406 e. The molecule has 4 rings (SSSR count). The number of benzene rings is 1. The fourth-order valence-electron chi connectivity index (χ4n) is 3.36. The van der Waals surface area contributed by atoms with Crippen molar-refractivity contribution in [1.29, 1.82) is 0 Å². The van der Waals surface area contributed by atoms with Crippen molar-refractivity contribution in [2.45, 2.75) is 44.1 Å². The summed E-state index contributed by atoms with van der Waals surface area (Å²) in [5, 5.41) is 6.46. The number of ether oxygens (including phenoxy) is 1. The Morgan fingerprint density at radius 2 is 1.83 bits per heavy atom. The summed E-state index contributed by atoms with van der Waals surface area (Å²) in [7, 11) is 0. The molecule has 11 heteroatoms. The van der Waals surface area contributed by atoms with Gasteiger partial charge in [0.2, 0.25) is 5.52 Å². The van der Waals surface area contributed by atoms with Crippen molar-refractivity contribution in [3.63, 3.8) is 0 Å². The number of nitrogens with two attached hydrogens (primary N) is 1. The molecule has 0 bridgehead atoms. The highest BCUT2D eigenvalue weighted by atomic mass is 19.4. The van der Waals surface area contributed by atoms with Gasteiger partial charge in [-0.1, -0.05) is 4.98 Å². The van der Waals surface area contributed by atoms with Crippen LogP contribution in [0.5, 0.6) is 5.75 Å². The van der Waals surface area contributed by atoms with Crippen LogP contribution in [0.15, 0.2) is 30.6 Å². The fourth-order valence-corrected chi connectivity index (χ4v) is 3.36. The lowest BCUT2D eigenvalue weighted by molar-refractivity contribution is -0.347. The highest BCUT2D eigenvalue weighted by Crippen LogP contribution is 2.27. The summed E-state index contributed by atoms with van der Waals surface area (Å²) in [5.74, 6) is 0.672. The molecule has 6 N–H and O–H groups in total. The second-order valence-corrected chi connectivity index (χ2v) is 7.01. The van der Waals surface area contributed by atoms with Gasteiger partial charge in [0.25, 0.3) is 0 Å². The Labute approximate surface area is 164 Å². The standard InChI is InChI=1S/C18H20F3N7O/c19-18(20,21)29-13-7-5-11(6-8-13)25-16-14-15(24-9-23-14)27-17(28-16)26-12-3-1-10(22)2-4-12/h5-10,12H,1-4,22H2,(H3,23,24,25,26,27,28)/p+1. The number of aromatic nitrogens is 4. The molecule has 0 radical (unpaired) electrons.